The van der Waals surface area contributed by atoms with Crippen LogP contribution in [0.2, 0.25) is 0 Å². The van der Waals surface area contributed by atoms with Crippen molar-refractivity contribution in [3.05, 3.63) is 118 Å². The predicted molar refractivity (Wildman–Crippen MR) is 167 cm³/mol. The van der Waals surface area contributed by atoms with E-state index in [1.165, 1.54) is 68.8 Å². The molecule has 0 saturated carbocycles. The van der Waals surface area contributed by atoms with Crippen LogP contribution in [0, 0.1) is 17.6 Å². The van der Waals surface area contributed by atoms with Crippen LogP contribution in [-0.2, 0) is 47.9 Å². The first-order chi connectivity index (χ1) is 18.2. The summed E-state index contributed by atoms with van der Waals surface area (Å²) in [6.45, 7) is 20.3. The summed E-state index contributed by atoms with van der Waals surface area (Å²) in [5.74, 6) is 0. The number of hydrogen-bond acceptors (Lipinski definition) is 0. The molecule has 0 spiro atoms. The molecule has 0 saturated heterocycles. The van der Waals surface area contributed by atoms with Crippen molar-refractivity contribution < 1.29 is 24.2 Å². The predicted octanol–water partition coefficient (Wildman–Crippen LogP) is 9.95. The summed E-state index contributed by atoms with van der Waals surface area (Å²) in [5.41, 5.74) is 11.9. The van der Waals surface area contributed by atoms with Crippen molar-refractivity contribution in [2.45, 2.75) is 92.4 Å². The van der Waals surface area contributed by atoms with Crippen molar-refractivity contribution in [1.82, 2.24) is 0 Å². The second kappa shape index (κ2) is 13.0. The van der Waals surface area contributed by atoms with Gasteiger partial charge in [0.1, 0.15) is 0 Å². The fourth-order valence-corrected chi connectivity index (χ4v) is 5.26. The SMILES string of the molecule is CC(C)(C)C1=CC[C-]=C1.CC(C)(C)c1[c-]c2c(cc1)-c1ccc(C(C)(C)C)cc1C2.[Zr+2]=[CH]Cc1ccccc1. The number of fused-ring (bicyclic) bond motifs is 3. The molecule has 0 nitrogen and oxygen atoms in total. The van der Waals surface area contributed by atoms with Crippen LogP contribution in [0.25, 0.3) is 11.1 Å². The van der Waals surface area contributed by atoms with Crippen LogP contribution in [0.1, 0.15) is 96.6 Å². The summed E-state index contributed by atoms with van der Waals surface area (Å²) in [4.78, 5) is 0. The zero-order chi connectivity index (χ0) is 28.8. The third kappa shape index (κ3) is 8.95. The van der Waals surface area contributed by atoms with Crippen molar-refractivity contribution in [3.63, 3.8) is 0 Å². The van der Waals surface area contributed by atoms with Gasteiger partial charge in [-0.2, -0.15) is 35.4 Å². The monoisotopic (exact) mass is 592 g/mol. The molecule has 5 rings (SSSR count). The number of allylic oxidation sites excluding steroid dienone is 4. The van der Waals surface area contributed by atoms with Crippen LogP contribution in [0.15, 0.2) is 78.4 Å². The molecule has 0 amide bonds. The molecule has 0 atom stereocenters. The van der Waals surface area contributed by atoms with E-state index in [1.54, 1.807) is 0 Å². The second-order valence-electron chi connectivity index (χ2n) is 13.7. The van der Waals surface area contributed by atoms with Gasteiger partial charge in [0.25, 0.3) is 0 Å². The van der Waals surface area contributed by atoms with E-state index < -0.39 is 0 Å². The first kappa shape index (κ1) is 31.4. The van der Waals surface area contributed by atoms with Gasteiger partial charge in [-0.15, -0.1) is 17.5 Å². The Morgan fingerprint density at radius 2 is 1.44 bits per heavy atom. The van der Waals surface area contributed by atoms with E-state index in [0.29, 0.717) is 5.41 Å². The van der Waals surface area contributed by atoms with Crippen LogP contribution in [0.3, 0.4) is 0 Å². The normalized spacial score (nSPS) is 13.9. The molecule has 0 unspecified atom stereocenters. The fourth-order valence-electron chi connectivity index (χ4n) is 4.68. The molecule has 1 heteroatoms. The Labute approximate surface area is 254 Å². The molecule has 0 aliphatic heterocycles. The van der Waals surface area contributed by atoms with E-state index in [4.69, 9.17) is 0 Å². The zero-order valence-electron chi connectivity index (χ0n) is 25.6. The minimum atomic E-state index is 0.167. The van der Waals surface area contributed by atoms with Crippen molar-refractivity contribution >= 4 is 3.71 Å². The molecule has 2 aliphatic rings. The van der Waals surface area contributed by atoms with Crippen molar-refractivity contribution in [1.29, 1.82) is 0 Å². The van der Waals surface area contributed by atoms with E-state index >= 15 is 0 Å². The van der Waals surface area contributed by atoms with Gasteiger partial charge in [-0.05, 0) is 28.4 Å². The van der Waals surface area contributed by atoms with Gasteiger partial charge in [0.15, 0.2) is 0 Å². The molecule has 3 aromatic carbocycles. The molecule has 3 aromatic rings. The standard InChI is InChI=1S/C21H25.C9H13.C8H8.Zr/c1-20(2,3)16-7-9-18-14(12-16)11-15-13-17(21(4,5)6)8-10-19(15)18;1-9(2,3)8-6-4-5-7-8;1-2-8-6-4-3-5-7-8;/h7-10,12H,11H2,1-6H3;6-7H,4H2,1-3H3;1,3-7H,2H2;/q2*-1;;+2. The van der Waals surface area contributed by atoms with Crippen LogP contribution >= 0.6 is 0 Å². The summed E-state index contributed by atoms with van der Waals surface area (Å²) < 4.78 is 2.25. The first-order valence-electron chi connectivity index (χ1n) is 14.2. The molecule has 202 valence electrons. The zero-order valence-corrected chi connectivity index (χ0v) is 28.1. The van der Waals surface area contributed by atoms with E-state index in [2.05, 4.69) is 145 Å². The quantitative estimate of drug-likeness (QED) is 0.203. The maximum atomic E-state index is 3.67. The topological polar surface area (TPSA) is 0 Å². The average molecular weight is 594 g/mol. The van der Waals surface area contributed by atoms with Gasteiger partial charge < -0.3 is 0 Å². The molecule has 0 bridgehead atoms. The summed E-state index contributed by atoms with van der Waals surface area (Å²) in [6, 6.07) is 25.7. The molecule has 39 heavy (non-hydrogen) atoms. The molecular weight excluding hydrogens is 548 g/mol. The van der Waals surface area contributed by atoms with Gasteiger partial charge >= 0.3 is 70.3 Å². The van der Waals surface area contributed by atoms with Crippen LogP contribution in [0.5, 0.6) is 0 Å². The van der Waals surface area contributed by atoms with Crippen LogP contribution in [0.4, 0.5) is 0 Å². The van der Waals surface area contributed by atoms with E-state index in [1.807, 2.05) is 6.07 Å². The van der Waals surface area contributed by atoms with Gasteiger partial charge in [-0.3, -0.25) is 6.08 Å². The third-order valence-corrected chi connectivity index (χ3v) is 7.71. The molecule has 0 aromatic heterocycles. The van der Waals surface area contributed by atoms with E-state index in [0.717, 1.165) is 19.3 Å². The Bertz CT molecular complexity index is 1250. The molecule has 0 N–H and O–H groups in total. The minimum absolute atomic E-state index is 0.167. The molecule has 0 fully saturated rings. The van der Waals surface area contributed by atoms with E-state index in [9.17, 15) is 0 Å². The van der Waals surface area contributed by atoms with Gasteiger partial charge in [-0.25, -0.2) is 6.08 Å². The Morgan fingerprint density at radius 3 is 1.95 bits per heavy atom. The average Bonchev–Trinajstić information content (AvgIpc) is 3.52. The Balaban J connectivity index is 0.000000192. The molecule has 0 heterocycles. The number of benzene rings is 3. The summed E-state index contributed by atoms with van der Waals surface area (Å²) >= 11 is 1.51. The van der Waals surface area contributed by atoms with Crippen molar-refractivity contribution in [3.8, 4) is 11.1 Å². The van der Waals surface area contributed by atoms with Gasteiger partial charge in [0.2, 0.25) is 0 Å². The molecular formula is C38H46Zr. The Hall–Kier alpha value is -2.11. The fraction of sp³-hybridized carbons (Fsp3) is 0.395. The second-order valence-corrected chi connectivity index (χ2v) is 14.7. The number of hydrogen-bond donors (Lipinski definition) is 0. The Morgan fingerprint density at radius 1 is 0.769 bits per heavy atom. The van der Waals surface area contributed by atoms with Crippen LogP contribution < -0.4 is 0 Å². The number of rotatable bonds is 2. The third-order valence-electron chi connectivity index (χ3n) is 7.21. The van der Waals surface area contributed by atoms with Crippen molar-refractivity contribution in [2.75, 3.05) is 0 Å². The summed E-state index contributed by atoms with van der Waals surface area (Å²) in [5, 5.41) is 0. The molecule has 2 aliphatic carbocycles. The maximum absolute atomic E-state index is 3.67. The van der Waals surface area contributed by atoms with Crippen molar-refractivity contribution in [2.24, 2.45) is 5.41 Å². The van der Waals surface area contributed by atoms with E-state index in [-0.39, 0.29) is 10.8 Å². The van der Waals surface area contributed by atoms with Gasteiger partial charge in [0.05, 0.1) is 0 Å². The summed E-state index contributed by atoms with van der Waals surface area (Å²) in [7, 11) is 0. The van der Waals surface area contributed by atoms with Gasteiger partial charge in [0, 0.05) is 0 Å². The summed E-state index contributed by atoms with van der Waals surface area (Å²) in [6.07, 6.45) is 10.7. The molecule has 0 radical (unpaired) electrons. The van der Waals surface area contributed by atoms with Crippen LogP contribution in [-0.4, -0.2) is 3.71 Å². The first-order valence-corrected chi connectivity index (χ1v) is 15.6. The van der Waals surface area contributed by atoms with Gasteiger partial charge in [-0.1, -0.05) is 91.5 Å². The Kier molecular flexibility index (Phi) is 10.5.